The van der Waals surface area contributed by atoms with Crippen molar-refractivity contribution in [3.63, 3.8) is 0 Å². The molecule has 1 aromatic heterocycles. The van der Waals surface area contributed by atoms with Crippen LogP contribution >= 0.6 is 11.3 Å². The summed E-state index contributed by atoms with van der Waals surface area (Å²) in [4.78, 5) is 14.4. The van der Waals surface area contributed by atoms with Gasteiger partial charge in [0, 0.05) is 31.1 Å². The molecule has 0 aliphatic carbocycles. The van der Waals surface area contributed by atoms with Crippen LogP contribution < -0.4 is 10.6 Å². The van der Waals surface area contributed by atoms with Crippen molar-refractivity contribution in [2.45, 2.75) is 45.4 Å². The summed E-state index contributed by atoms with van der Waals surface area (Å²) in [5.74, 6) is 0.0612. The van der Waals surface area contributed by atoms with Crippen LogP contribution in [0.5, 0.6) is 0 Å². The summed E-state index contributed by atoms with van der Waals surface area (Å²) in [5, 5.41) is 6.34. The van der Waals surface area contributed by atoms with Crippen LogP contribution in [0, 0.1) is 6.92 Å². The quantitative estimate of drug-likeness (QED) is 0.890. The molecule has 0 saturated carbocycles. The number of thiophene rings is 1. The molecule has 4 nitrogen and oxygen atoms in total. The fourth-order valence-corrected chi connectivity index (χ4v) is 3.96. The van der Waals surface area contributed by atoms with Crippen LogP contribution in [-0.4, -0.2) is 25.2 Å². The van der Waals surface area contributed by atoms with Gasteiger partial charge in [-0.2, -0.15) is 0 Å². The second-order valence-electron chi connectivity index (χ2n) is 5.26. The first-order valence-electron chi connectivity index (χ1n) is 6.97. The molecule has 0 spiro atoms. The Morgan fingerprint density at radius 3 is 3.11 bits per heavy atom. The van der Waals surface area contributed by atoms with Crippen LogP contribution in [0.2, 0.25) is 0 Å². The number of rotatable bonds is 3. The van der Waals surface area contributed by atoms with Crippen molar-refractivity contribution < 1.29 is 9.53 Å². The van der Waals surface area contributed by atoms with Crippen molar-refractivity contribution in [1.82, 2.24) is 10.6 Å². The zero-order valence-electron chi connectivity index (χ0n) is 11.3. The maximum absolute atomic E-state index is 12.2. The number of nitrogens with one attached hydrogen (secondary N) is 2. The molecule has 2 aliphatic rings. The van der Waals surface area contributed by atoms with Gasteiger partial charge in [-0.25, -0.2) is 0 Å². The average molecular weight is 280 g/mol. The highest BCUT2D eigenvalue weighted by Gasteiger charge is 2.23. The van der Waals surface area contributed by atoms with E-state index in [4.69, 9.17) is 4.74 Å². The highest BCUT2D eigenvalue weighted by atomic mass is 32.1. The third-order valence-electron chi connectivity index (χ3n) is 3.91. The van der Waals surface area contributed by atoms with E-state index >= 15 is 0 Å². The van der Waals surface area contributed by atoms with E-state index in [9.17, 15) is 4.79 Å². The van der Waals surface area contributed by atoms with Gasteiger partial charge in [0.1, 0.15) is 0 Å². The Kier molecular flexibility index (Phi) is 3.86. The van der Waals surface area contributed by atoms with E-state index in [1.165, 1.54) is 16.9 Å². The Hall–Kier alpha value is -0.910. The first-order valence-corrected chi connectivity index (χ1v) is 7.79. The Labute approximate surface area is 117 Å². The van der Waals surface area contributed by atoms with E-state index in [0.29, 0.717) is 6.54 Å². The number of hydrogen-bond acceptors (Lipinski definition) is 4. The van der Waals surface area contributed by atoms with E-state index < -0.39 is 0 Å². The molecule has 0 radical (unpaired) electrons. The average Bonchev–Trinajstić information content (AvgIpc) is 3.01. The molecule has 104 valence electrons. The van der Waals surface area contributed by atoms with Gasteiger partial charge < -0.3 is 15.4 Å². The lowest BCUT2D eigenvalue weighted by atomic mass is 10.1. The lowest BCUT2D eigenvalue weighted by molar-refractivity contribution is 0.0169. The third-order valence-corrected chi connectivity index (χ3v) is 5.25. The fraction of sp³-hybridized carbons (Fsp3) is 0.643. The first kappa shape index (κ1) is 13.1. The Balaban J connectivity index is 1.61. The van der Waals surface area contributed by atoms with Gasteiger partial charge in [0.05, 0.1) is 11.0 Å². The molecule has 3 heterocycles. The maximum Gasteiger partial charge on any atom is 0.261 e. The van der Waals surface area contributed by atoms with Crippen LogP contribution in [-0.2, 0) is 17.8 Å². The monoisotopic (exact) mass is 280 g/mol. The Morgan fingerprint density at radius 1 is 1.47 bits per heavy atom. The maximum atomic E-state index is 12.2. The van der Waals surface area contributed by atoms with E-state index in [0.717, 1.165) is 43.0 Å². The minimum Gasteiger partial charge on any atom is -0.376 e. The summed E-state index contributed by atoms with van der Waals surface area (Å²) in [6.07, 6.45) is 3.61. The van der Waals surface area contributed by atoms with Gasteiger partial charge in [0.2, 0.25) is 0 Å². The molecule has 0 bridgehead atoms. The largest absolute Gasteiger partial charge is 0.376 e. The molecule has 1 fully saturated rings. The summed E-state index contributed by atoms with van der Waals surface area (Å²) in [6.45, 7) is 5.32. The topological polar surface area (TPSA) is 50.4 Å². The van der Waals surface area contributed by atoms with Crippen molar-refractivity contribution in [2.24, 2.45) is 0 Å². The van der Waals surface area contributed by atoms with Crippen molar-refractivity contribution >= 4 is 17.2 Å². The second kappa shape index (κ2) is 5.61. The smallest absolute Gasteiger partial charge is 0.261 e. The van der Waals surface area contributed by atoms with Crippen molar-refractivity contribution in [3.05, 3.63) is 20.9 Å². The molecule has 1 saturated heterocycles. The van der Waals surface area contributed by atoms with E-state index in [1.54, 1.807) is 11.3 Å². The van der Waals surface area contributed by atoms with Crippen LogP contribution in [0.25, 0.3) is 0 Å². The first-order chi connectivity index (χ1) is 9.25. The SMILES string of the molecule is Cc1c(C(=O)NCC2CCCCO2)sc2c1CNC2. The van der Waals surface area contributed by atoms with Crippen LogP contribution in [0.4, 0.5) is 0 Å². The molecule has 0 aromatic carbocycles. The predicted octanol–water partition coefficient (Wildman–Crippen LogP) is 1.96. The van der Waals surface area contributed by atoms with Gasteiger partial charge in [-0.3, -0.25) is 4.79 Å². The normalized spacial score (nSPS) is 22.3. The number of amides is 1. The zero-order chi connectivity index (χ0) is 13.2. The molecule has 2 aliphatic heterocycles. The molecule has 19 heavy (non-hydrogen) atoms. The molecule has 1 atom stereocenters. The van der Waals surface area contributed by atoms with Crippen molar-refractivity contribution in [1.29, 1.82) is 0 Å². The number of fused-ring (bicyclic) bond motifs is 1. The van der Waals surface area contributed by atoms with Crippen molar-refractivity contribution in [3.8, 4) is 0 Å². The van der Waals surface area contributed by atoms with Crippen LogP contribution in [0.3, 0.4) is 0 Å². The Morgan fingerprint density at radius 2 is 2.37 bits per heavy atom. The highest BCUT2D eigenvalue weighted by molar-refractivity contribution is 7.14. The standard InChI is InChI=1S/C14H20N2O2S/c1-9-11-7-15-8-12(11)19-13(9)14(17)16-6-10-4-2-3-5-18-10/h10,15H,2-8H2,1H3,(H,16,17). The van der Waals surface area contributed by atoms with Gasteiger partial charge in [-0.05, 0) is 37.3 Å². The number of carbonyl (C=O) groups excluding carboxylic acids is 1. The minimum atomic E-state index is 0.0612. The van der Waals surface area contributed by atoms with Gasteiger partial charge in [0.15, 0.2) is 0 Å². The summed E-state index contributed by atoms with van der Waals surface area (Å²) in [6, 6.07) is 0. The molecule has 2 N–H and O–H groups in total. The van der Waals surface area contributed by atoms with Crippen LogP contribution in [0.1, 0.15) is 44.9 Å². The minimum absolute atomic E-state index is 0.0612. The summed E-state index contributed by atoms with van der Waals surface area (Å²) < 4.78 is 5.63. The Bertz CT molecular complexity index is 478. The van der Waals surface area contributed by atoms with E-state index in [1.807, 2.05) is 6.92 Å². The van der Waals surface area contributed by atoms with E-state index in [-0.39, 0.29) is 12.0 Å². The van der Waals surface area contributed by atoms with Gasteiger partial charge >= 0.3 is 0 Å². The molecule has 1 unspecified atom stereocenters. The van der Waals surface area contributed by atoms with Gasteiger partial charge in [0.25, 0.3) is 5.91 Å². The fourth-order valence-electron chi connectivity index (χ4n) is 2.75. The molecular weight excluding hydrogens is 260 g/mol. The summed E-state index contributed by atoms with van der Waals surface area (Å²) >= 11 is 1.63. The van der Waals surface area contributed by atoms with Gasteiger partial charge in [-0.1, -0.05) is 0 Å². The van der Waals surface area contributed by atoms with Gasteiger partial charge in [-0.15, -0.1) is 11.3 Å². The second-order valence-corrected chi connectivity index (χ2v) is 6.37. The third kappa shape index (κ3) is 2.68. The zero-order valence-corrected chi connectivity index (χ0v) is 12.1. The van der Waals surface area contributed by atoms with Crippen LogP contribution in [0.15, 0.2) is 0 Å². The lowest BCUT2D eigenvalue weighted by Gasteiger charge is -2.22. The lowest BCUT2D eigenvalue weighted by Crippen LogP contribution is -2.35. The molecule has 1 amide bonds. The van der Waals surface area contributed by atoms with E-state index in [2.05, 4.69) is 10.6 Å². The summed E-state index contributed by atoms with van der Waals surface area (Å²) in [5.41, 5.74) is 2.47. The molecule has 3 rings (SSSR count). The highest BCUT2D eigenvalue weighted by Crippen LogP contribution is 2.31. The van der Waals surface area contributed by atoms with Crippen molar-refractivity contribution in [2.75, 3.05) is 13.2 Å². The molecule has 5 heteroatoms. The summed E-state index contributed by atoms with van der Waals surface area (Å²) in [7, 11) is 0. The number of hydrogen-bond donors (Lipinski definition) is 2. The predicted molar refractivity (Wildman–Crippen MR) is 75.5 cm³/mol. The molecule has 1 aromatic rings. The number of ether oxygens (including phenoxy) is 1. The number of carbonyl (C=O) groups is 1. The molecular formula is C14H20N2O2S.